The van der Waals surface area contributed by atoms with Crippen LogP contribution in [-0.4, -0.2) is 48.2 Å². The molecule has 3 atom stereocenters. The van der Waals surface area contributed by atoms with Crippen LogP contribution in [0.25, 0.3) is 0 Å². The Bertz CT molecular complexity index is 510. The maximum absolute atomic E-state index is 11.4. The molecule has 0 bridgehead atoms. The Hall–Kier alpha value is -2.15. The van der Waals surface area contributed by atoms with E-state index in [1.165, 1.54) is 6.08 Å². The maximum Gasteiger partial charge on any atom is 0.330 e. The van der Waals surface area contributed by atoms with E-state index in [0.717, 1.165) is 17.4 Å². The fourth-order valence-corrected chi connectivity index (χ4v) is 1.86. The van der Waals surface area contributed by atoms with Gasteiger partial charge in [-0.3, -0.25) is 0 Å². The zero-order valence-corrected chi connectivity index (χ0v) is 13.1. The molecular formula is C17H22O6. The minimum absolute atomic E-state index is 0.209. The van der Waals surface area contributed by atoms with Crippen molar-refractivity contribution in [1.82, 2.24) is 0 Å². The lowest BCUT2D eigenvalue weighted by molar-refractivity contribution is -0.162. The normalized spacial score (nSPS) is 14.4. The molecule has 0 unspecified atom stereocenters. The SMILES string of the molecule is C=CC(=O)O[C@H]([C@H](O)CO)[C@@H](C=C)OCc1ccc(OC)cc1. The molecule has 0 heterocycles. The molecule has 6 nitrogen and oxygen atoms in total. The third kappa shape index (κ3) is 5.86. The van der Waals surface area contributed by atoms with Crippen molar-refractivity contribution in [2.75, 3.05) is 13.7 Å². The Balaban J connectivity index is 2.74. The van der Waals surface area contributed by atoms with E-state index < -0.39 is 30.9 Å². The number of carbonyl (C=O) groups is 1. The molecule has 1 rings (SSSR count). The van der Waals surface area contributed by atoms with Crippen LogP contribution in [0, 0.1) is 0 Å². The topological polar surface area (TPSA) is 85.2 Å². The summed E-state index contributed by atoms with van der Waals surface area (Å²) in [7, 11) is 1.58. The average molecular weight is 322 g/mol. The van der Waals surface area contributed by atoms with Crippen LogP contribution in [0.3, 0.4) is 0 Å². The van der Waals surface area contributed by atoms with Crippen molar-refractivity contribution < 1.29 is 29.2 Å². The minimum atomic E-state index is -1.29. The second kappa shape index (κ2) is 9.78. The number of benzene rings is 1. The summed E-state index contributed by atoms with van der Waals surface area (Å²) in [5.41, 5.74) is 0.866. The fourth-order valence-electron chi connectivity index (χ4n) is 1.86. The molecule has 0 aromatic heterocycles. The van der Waals surface area contributed by atoms with Gasteiger partial charge in [0.2, 0.25) is 0 Å². The summed E-state index contributed by atoms with van der Waals surface area (Å²) in [6.45, 7) is 6.54. The zero-order valence-electron chi connectivity index (χ0n) is 13.1. The van der Waals surface area contributed by atoms with Gasteiger partial charge in [0.05, 0.1) is 20.3 Å². The highest BCUT2D eigenvalue weighted by molar-refractivity contribution is 5.81. The molecule has 126 valence electrons. The van der Waals surface area contributed by atoms with Crippen molar-refractivity contribution in [2.45, 2.75) is 24.9 Å². The highest BCUT2D eigenvalue weighted by Gasteiger charge is 2.30. The largest absolute Gasteiger partial charge is 0.497 e. The molecule has 0 amide bonds. The first-order valence-electron chi connectivity index (χ1n) is 7.04. The van der Waals surface area contributed by atoms with Gasteiger partial charge in [-0.05, 0) is 17.7 Å². The molecule has 0 fully saturated rings. The number of rotatable bonds is 10. The summed E-state index contributed by atoms with van der Waals surface area (Å²) in [6, 6.07) is 7.23. The summed E-state index contributed by atoms with van der Waals surface area (Å²) < 4.78 is 15.8. The molecule has 0 radical (unpaired) electrons. The molecular weight excluding hydrogens is 300 g/mol. The lowest BCUT2D eigenvalue weighted by Crippen LogP contribution is -2.43. The standard InChI is InChI=1S/C17H22O6/c1-4-15(17(14(19)10-18)23-16(20)5-2)22-11-12-6-8-13(21-3)9-7-12/h4-9,14-15,17-19H,1-2,10-11H2,3H3/t14-,15-,17-/m1/s1. The predicted molar refractivity (Wildman–Crippen MR) is 84.9 cm³/mol. The number of ether oxygens (including phenoxy) is 3. The van der Waals surface area contributed by atoms with Crippen LogP contribution in [0.4, 0.5) is 0 Å². The van der Waals surface area contributed by atoms with E-state index in [9.17, 15) is 9.90 Å². The highest BCUT2D eigenvalue weighted by Crippen LogP contribution is 2.16. The van der Waals surface area contributed by atoms with Gasteiger partial charge >= 0.3 is 5.97 Å². The monoisotopic (exact) mass is 322 g/mol. The van der Waals surface area contributed by atoms with Gasteiger partial charge in [0.1, 0.15) is 18.0 Å². The Morgan fingerprint density at radius 2 is 1.96 bits per heavy atom. The van der Waals surface area contributed by atoms with Gasteiger partial charge in [-0.15, -0.1) is 6.58 Å². The highest BCUT2D eigenvalue weighted by atomic mass is 16.6. The maximum atomic E-state index is 11.4. The van der Waals surface area contributed by atoms with Crippen molar-refractivity contribution in [3.05, 3.63) is 55.1 Å². The van der Waals surface area contributed by atoms with Gasteiger partial charge in [-0.25, -0.2) is 4.79 Å². The number of carbonyl (C=O) groups excluding carboxylic acids is 1. The number of esters is 1. The Morgan fingerprint density at radius 1 is 1.30 bits per heavy atom. The molecule has 1 aromatic carbocycles. The van der Waals surface area contributed by atoms with Gasteiger partial charge in [0, 0.05) is 6.08 Å². The van der Waals surface area contributed by atoms with Gasteiger partial charge in [0.15, 0.2) is 6.10 Å². The molecule has 0 aliphatic heterocycles. The van der Waals surface area contributed by atoms with Gasteiger partial charge in [0.25, 0.3) is 0 Å². The number of hydrogen-bond donors (Lipinski definition) is 2. The van der Waals surface area contributed by atoms with E-state index >= 15 is 0 Å². The van der Waals surface area contributed by atoms with Gasteiger partial charge in [-0.2, -0.15) is 0 Å². The van der Waals surface area contributed by atoms with E-state index in [4.69, 9.17) is 19.3 Å². The molecule has 0 saturated heterocycles. The second-order valence-corrected chi connectivity index (χ2v) is 4.71. The number of aliphatic hydroxyl groups excluding tert-OH is 2. The first kappa shape index (κ1) is 18.9. The molecule has 6 heteroatoms. The minimum Gasteiger partial charge on any atom is -0.497 e. The molecule has 2 N–H and O–H groups in total. The first-order valence-corrected chi connectivity index (χ1v) is 7.04. The number of hydrogen-bond acceptors (Lipinski definition) is 6. The zero-order chi connectivity index (χ0) is 17.2. The summed E-state index contributed by atoms with van der Waals surface area (Å²) in [4.78, 5) is 11.4. The van der Waals surface area contributed by atoms with Crippen LogP contribution < -0.4 is 4.74 Å². The van der Waals surface area contributed by atoms with Crippen LogP contribution in [0.1, 0.15) is 5.56 Å². The van der Waals surface area contributed by atoms with Crippen LogP contribution in [0.15, 0.2) is 49.6 Å². The van der Waals surface area contributed by atoms with E-state index in [1.54, 1.807) is 19.2 Å². The summed E-state index contributed by atoms with van der Waals surface area (Å²) in [6.07, 6.45) is -0.786. The average Bonchev–Trinajstić information content (AvgIpc) is 2.60. The Kier molecular flexibility index (Phi) is 8.04. The van der Waals surface area contributed by atoms with Crippen molar-refractivity contribution >= 4 is 5.97 Å². The molecule has 0 aliphatic rings. The van der Waals surface area contributed by atoms with E-state index in [0.29, 0.717) is 0 Å². The molecule has 0 saturated carbocycles. The Labute approximate surface area is 135 Å². The van der Waals surface area contributed by atoms with E-state index in [1.807, 2.05) is 12.1 Å². The van der Waals surface area contributed by atoms with E-state index in [-0.39, 0.29) is 6.61 Å². The molecule has 23 heavy (non-hydrogen) atoms. The van der Waals surface area contributed by atoms with Crippen LogP contribution in [-0.2, 0) is 20.9 Å². The lowest BCUT2D eigenvalue weighted by atomic mass is 10.1. The summed E-state index contributed by atoms with van der Waals surface area (Å²) in [5, 5.41) is 18.9. The van der Waals surface area contributed by atoms with Crippen molar-refractivity contribution in [3.63, 3.8) is 0 Å². The number of aliphatic hydroxyl groups is 2. The van der Waals surface area contributed by atoms with Gasteiger partial charge in [-0.1, -0.05) is 24.8 Å². The van der Waals surface area contributed by atoms with Crippen LogP contribution >= 0.6 is 0 Å². The predicted octanol–water partition coefficient (Wildman–Crippen LogP) is 1.22. The Morgan fingerprint density at radius 3 is 2.43 bits per heavy atom. The summed E-state index contributed by atoms with van der Waals surface area (Å²) in [5.74, 6) is 0.00455. The van der Waals surface area contributed by atoms with Crippen molar-refractivity contribution in [3.8, 4) is 5.75 Å². The van der Waals surface area contributed by atoms with Crippen LogP contribution in [0.2, 0.25) is 0 Å². The van der Waals surface area contributed by atoms with Gasteiger partial charge < -0.3 is 24.4 Å². The molecule has 0 spiro atoms. The van der Waals surface area contributed by atoms with Crippen molar-refractivity contribution in [1.29, 1.82) is 0 Å². The quantitative estimate of drug-likeness (QED) is 0.383. The number of methoxy groups -OCH3 is 1. The third-order valence-corrected chi connectivity index (χ3v) is 3.14. The van der Waals surface area contributed by atoms with Crippen molar-refractivity contribution in [2.24, 2.45) is 0 Å². The van der Waals surface area contributed by atoms with Crippen LogP contribution in [0.5, 0.6) is 5.75 Å². The lowest BCUT2D eigenvalue weighted by Gasteiger charge is -2.27. The summed E-state index contributed by atoms with van der Waals surface area (Å²) >= 11 is 0. The van der Waals surface area contributed by atoms with E-state index in [2.05, 4.69) is 13.2 Å². The molecule has 1 aromatic rings. The smallest absolute Gasteiger partial charge is 0.330 e. The second-order valence-electron chi connectivity index (χ2n) is 4.71. The fraction of sp³-hybridized carbons (Fsp3) is 0.353. The third-order valence-electron chi connectivity index (χ3n) is 3.14. The first-order chi connectivity index (χ1) is 11.0. The molecule has 0 aliphatic carbocycles.